The number of hydrogen-bond donors (Lipinski definition) is 3. The monoisotopic (exact) mass is 568 g/mol. The molecule has 0 aromatic heterocycles. The first-order valence-electron chi connectivity index (χ1n) is 12.7. The number of nitrogens with one attached hydrogen (secondary N) is 2. The lowest BCUT2D eigenvalue weighted by atomic mass is 10.0. The molecule has 1 aliphatic heterocycles. The Kier molecular flexibility index (Phi) is 11.7. The Labute approximate surface area is 236 Å². The van der Waals surface area contributed by atoms with Gasteiger partial charge in [-0.25, -0.2) is 29.1 Å². The van der Waals surface area contributed by atoms with Crippen LogP contribution in [0.1, 0.15) is 18.1 Å². The van der Waals surface area contributed by atoms with E-state index in [0.717, 1.165) is 16.0 Å². The third-order valence-corrected chi connectivity index (χ3v) is 5.65. The van der Waals surface area contributed by atoms with Crippen LogP contribution in [-0.2, 0) is 37.0 Å². The van der Waals surface area contributed by atoms with E-state index in [2.05, 4.69) is 22.2 Å². The molecule has 0 spiro atoms. The Hall–Kier alpha value is -4.91. The summed E-state index contributed by atoms with van der Waals surface area (Å²) >= 11 is 0. The number of guanidine groups is 1. The zero-order valence-corrected chi connectivity index (χ0v) is 22.4. The van der Waals surface area contributed by atoms with Gasteiger partial charge in [-0.05, 0) is 18.1 Å². The number of esters is 1. The molecule has 3 amide bonds. The standard InChI is InChI=1S/C28H32N4O9/c1-3-15-39-26(35)30-22(24(34)38-4-2)23(33)21-16-32(28(37)41-18-20-13-9-6-10-14-20)25(29-21)31-27(36)40-17-19-11-7-5-8-12-19/h3,5-14,21-23,33H,1,4,15-18H2,2H3,(H,30,35)(H,29,31,36)/t21-,22-,23-/m0/s1. The van der Waals surface area contributed by atoms with Crippen LogP contribution in [0.2, 0.25) is 0 Å². The predicted molar refractivity (Wildman–Crippen MR) is 145 cm³/mol. The number of carbonyl (C=O) groups excluding carboxylic acids is 4. The smallest absolute Gasteiger partial charge is 0.417 e. The van der Waals surface area contributed by atoms with E-state index in [1.807, 2.05) is 12.1 Å². The Morgan fingerprint density at radius 3 is 2.17 bits per heavy atom. The van der Waals surface area contributed by atoms with E-state index < -0.39 is 42.4 Å². The number of alkyl carbamates (subject to hydrolysis) is 2. The van der Waals surface area contributed by atoms with Gasteiger partial charge < -0.3 is 29.4 Å². The van der Waals surface area contributed by atoms with Gasteiger partial charge in [-0.15, -0.1) is 0 Å². The van der Waals surface area contributed by atoms with Gasteiger partial charge in [0.1, 0.15) is 32.0 Å². The Balaban J connectivity index is 1.76. The molecule has 13 heteroatoms. The number of ether oxygens (including phenoxy) is 4. The summed E-state index contributed by atoms with van der Waals surface area (Å²) in [7, 11) is 0. The van der Waals surface area contributed by atoms with E-state index >= 15 is 0 Å². The molecule has 1 aliphatic rings. The zero-order chi connectivity index (χ0) is 29.6. The largest absolute Gasteiger partial charge is 0.464 e. The van der Waals surface area contributed by atoms with Gasteiger partial charge in [0.05, 0.1) is 13.2 Å². The molecule has 0 aliphatic carbocycles. The molecule has 0 saturated carbocycles. The highest BCUT2D eigenvalue weighted by Crippen LogP contribution is 2.18. The lowest BCUT2D eigenvalue weighted by molar-refractivity contribution is -0.148. The van der Waals surface area contributed by atoms with Crippen LogP contribution in [-0.4, -0.2) is 78.2 Å². The minimum atomic E-state index is -1.69. The highest BCUT2D eigenvalue weighted by molar-refractivity contribution is 6.02. The number of carbonyl (C=O) groups is 4. The lowest BCUT2D eigenvalue weighted by Crippen LogP contribution is -2.54. The van der Waals surface area contributed by atoms with E-state index in [0.29, 0.717) is 0 Å². The second kappa shape index (κ2) is 15.6. The fourth-order valence-electron chi connectivity index (χ4n) is 3.68. The van der Waals surface area contributed by atoms with Crippen molar-refractivity contribution in [1.82, 2.24) is 15.5 Å². The molecule has 41 heavy (non-hydrogen) atoms. The van der Waals surface area contributed by atoms with E-state index in [1.165, 1.54) is 6.08 Å². The van der Waals surface area contributed by atoms with Gasteiger partial charge in [0.2, 0.25) is 5.96 Å². The van der Waals surface area contributed by atoms with Crippen LogP contribution >= 0.6 is 0 Å². The molecule has 0 unspecified atom stereocenters. The van der Waals surface area contributed by atoms with Gasteiger partial charge in [0.25, 0.3) is 0 Å². The molecule has 0 saturated heterocycles. The Bertz CT molecular complexity index is 1220. The second-order valence-electron chi connectivity index (χ2n) is 8.61. The molecule has 3 N–H and O–H groups in total. The highest BCUT2D eigenvalue weighted by Gasteiger charge is 2.42. The first-order chi connectivity index (χ1) is 19.8. The topological polar surface area (TPSA) is 165 Å². The fraction of sp³-hybridized carbons (Fsp3) is 0.321. The zero-order valence-electron chi connectivity index (χ0n) is 22.4. The van der Waals surface area contributed by atoms with Crippen LogP contribution in [0.5, 0.6) is 0 Å². The summed E-state index contributed by atoms with van der Waals surface area (Å²) in [5.41, 5.74) is 1.45. The van der Waals surface area contributed by atoms with Gasteiger partial charge in [-0.2, -0.15) is 0 Å². The van der Waals surface area contributed by atoms with Gasteiger partial charge in [0, 0.05) is 0 Å². The van der Waals surface area contributed by atoms with Crippen molar-refractivity contribution in [3.8, 4) is 0 Å². The average Bonchev–Trinajstić information content (AvgIpc) is 3.41. The maximum absolute atomic E-state index is 13.0. The molecule has 2 aromatic carbocycles. The summed E-state index contributed by atoms with van der Waals surface area (Å²) in [6.07, 6.45) is -3.17. The summed E-state index contributed by atoms with van der Waals surface area (Å²) in [4.78, 5) is 55.5. The lowest BCUT2D eigenvalue weighted by Gasteiger charge is -2.25. The molecule has 0 fully saturated rings. The molecule has 0 bridgehead atoms. The van der Waals surface area contributed by atoms with Crippen LogP contribution in [0, 0.1) is 0 Å². The quantitative estimate of drug-likeness (QED) is 0.210. The van der Waals surface area contributed by atoms with E-state index in [4.69, 9.17) is 18.9 Å². The SMILES string of the molecule is C=CCOC(=O)N[C@H](C(=O)OCC)[C@@H](O)[C@@H]1CN(C(=O)OCc2ccccc2)C(NC(=O)OCc2ccccc2)=N1. The third-order valence-electron chi connectivity index (χ3n) is 5.65. The number of rotatable bonds is 11. The molecular formula is C28H32N4O9. The molecular weight excluding hydrogens is 536 g/mol. The number of hydrogen-bond acceptors (Lipinski definition) is 10. The number of aliphatic hydroxyl groups excluding tert-OH is 1. The van der Waals surface area contributed by atoms with Crippen molar-refractivity contribution in [2.24, 2.45) is 4.99 Å². The number of benzene rings is 2. The minimum absolute atomic E-state index is 0.0304. The number of aliphatic hydroxyl groups is 1. The van der Waals surface area contributed by atoms with Gasteiger partial charge >= 0.3 is 24.2 Å². The Morgan fingerprint density at radius 1 is 0.976 bits per heavy atom. The van der Waals surface area contributed by atoms with E-state index in [9.17, 15) is 24.3 Å². The van der Waals surface area contributed by atoms with Crippen molar-refractivity contribution in [3.63, 3.8) is 0 Å². The van der Waals surface area contributed by atoms with Gasteiger partial charge in [-0.3, -0.25) is 5.32 Å². The first kappa shape index (κ1) is 30.6. The minimum Gasteiger partial charge on any atom is -0.464 e. The van der Waals surface area contributed by atoms with Gasteiger partial charge in [0.15, 0.2) is 6.04 Å². The van der Waals surface area contributed by atoms with E-state index in [1.54, 1.807) is 55.5 Å². The molecule has 218 valence electrons. The number of nitrogens with zero attached hydrogens (tertiary/aromatic N) is 2. The summed E-state index contributed by atoms with van der Waals surface area (Å²) < 4.78 is 20.4. The van der Waals surface area contributed by atoms with Crippen molar-refractivity contribution in [3.05, 3.63) is 84.4 Å². The Morgan fingerprint density at radius 2 is 1.59 bits per heavy atom. The van der Waals surface area contributed by atoms with Crippen molar-refractivity contribution in [2.75, 3.05) is 19.8 Å². The molecule has 13 nitrogen and oxygen atoms in total. The number of aliphatic imine (C=N–C) groups is 1. The fourth-order valence-corrected chi connectivity index (χ4v) is 3.68. The maximum atomic E-state index is 13.0. The molecule has 0 radical (unpaired) electrons. The van der Waals surface area contributed by atoms with Gasteiger partial charge in [-0.1, -0.05) is 73.3 Å². The van der Waals surface area contributed by atoms with Crippen molar-refractivity contribution in [2.45, 2.75) is 38.3 Å². The van der Waals surface area contributed by atoms with E-state index in [-0.39, 0.29) is 38.9 Å². The molecule has 3 atom stereocenters. The van der Waals surface area contributed by atoms with Crippen molar-refractivity contribution in [1.29, 1.82) is 0 Å². The van der Waals surface area contributed by atoms with Crippen LogP contribution in [0.3, 0.4) is 0 Å². The molecule has 3 rings (SSSR count). The highest BCUT2D eigenvalue weighted by atomic mass is 16.6. The summed E-state index contributed by atoms with van der Waals surface area (Å²) in [5, 5.41) is 15.7. The predicted octanol–water partition coefficient (Wildman–Crippen LogP) is 2.49. The van der Waals surface area contributed by atoms with Crippen molar-refractivity contribution < 1.29 is 43.2 Å². The average molecular weight is 569 g/mol. The normalized spacial score (nSPS) is 15.5. The maximum Gasteiger partial charge on any atom is 0.417 e. The van der Waals surface area contributed by atoms with Crippen LogP contribution in [0.25, 0.3) is 0 Å². The number of amides is 3. The molecule has 2 aromatic rings. The van der Waals surface area contributed by atoms with Crippen LogP contribution < -0.4 is 10.6 Å². The first-order valence-corrected chi connectivity index (χ1v) is 12.7. The summed E-state index contributed by atoms with van der Waals surface area (Å²) in [6, 6.07) is 15.0. The second-order valence-corrected chi connectivity index (χ2v) is 8.61. The molecule has 1 heterocycles. The van der Waals surface area contributed by atoms with Crippen molar-refractivity contribution >= 4 is 30.2 Å². The third kappa shape index (κ3) is 9.35. The summed E-state index contributed by atoms with van der Waals surface area (Å²) in [6.45, 7) is 4.40. The van der Waals surface area contributed by atoms with Crippen LogP contribution in [0.15, 0.2) is 78.3 Å². The summed E-state index contributed by atoms with van der Waals surface area (Å²) in [5.74, 6) is -1.23. The van der Waals surface area contributed by atoms with Crippen LogP contribution in [0.4, 0.5) is 14.4 Å².